The fourth-order valence-corrected chi connectivity index (χ4v) is 3.29. The molecule has 0 aromatic rings. The van der Waals surface area contributed by atoms with Gasteiger partial charge in [-0.3, -0.25) is 0 Å². The third-order valence-electron chi connectivity index (χ3n) is 4.38. The molecule has 2 aliphatic carbocycles. The topological polar surface area (TPSA) is 18.5 Å². The van der Waals surface area contributed by atoms with Crippen molar-refractivity contribution in [3.8, 4) is 0 Å². The van der Waals surface area contributed by atoms with Crippen molar-refractivity contribution in [1.29, 1.82) is 0 Å². The van der Waals surface area contributed by atoms with Gasteiger partial charge in [0.05, 0.1) is 25.9 Å². The van der Waals surface area contributed by atoms with E-state index in [0.717, 1.165) is 25.7 Å². The van der Waals surface area contributed by atoms with Gasteiger partial charge in [-0.05, 0) is 37.0 Å². The highest BCUT2D eigenvalue weighted by Gasteiger charge is 2.53. The molecular weight excluding hydrogens is 164 g/mol. The third kappa shape index (κ3) is 1.15. The first-order chi connectivity index (χ1) is 6.41. The summed E-state index contributed by atoms with van der Waals surface area (Å²) in [6, 6.07) is 0. The summed E-state index contributed by atoms with van der Waals surface area (Å²) >= 11 is 0. The number of hydrogen-bond acceptors (Lipinski definition) is 2. The molecule has 2 nitrogen and oxygen atoms in total. The average Bonchev–Trinajstić information content (AvgIpc) is 2.01. The molecule has 3 fully saturated rings. The molecule has 1 saturated heterocycles. The Morgan fingerprint density at radius 3 is 2.46 bits per heavy atom. The lowest BCUT2D eigenvalue weighted by Gasteiger charge is -2.58. The van der Waals surface area contributed by atoms with E-state index in [0.29, 0.717) is 11.5 Å². The fraction of sp³-hybridized carbons (Fsp3) is 1.00. The van der Waals surface area contributed by atoms with E-state index in [-0.39, 0.29) is 0 Å². The van der Waals surface area contributed by atoms with Crippen LogP contribution in [-0.4, -0.2) is 25.9 Å². The highest BCUT2D eigenvalue weighted by Crippen LogP contribution is 2.61. The lowest BCUT2D eigenvalue weighted by Crippen LogP contribution is -2.53. The molecule has 74 valence electrons. The van der Waals surface area contributed by atoms with Crippen LogP contribution in [-0.2, 0) is 9.47 Å². The van der Waals surface area contributed by atoms with Crippen molar-refractivity contribution in [2.24, 2.45) is 11.3 Å². The molecule has 2 saturated carbocycles. The van der Waals surface area contributed by atoms with E-state index in [4.69, 9.17) is 9.47 Å². The maximum atomic E-state index is 5.79. The molecule has 0 N–H and O–H groups in total. The van der Waals surface area contributed by atoms with E-state index in [2.05, 4.69) is 0 Å². The maximum Gasteiger partial charge on any atom is 0.0843 e. The molecule has 0 amide bonds. The summed E-state index contributed by atoms with van der Waals surface area (Å²) in [5.74, 6) is 0.835. The molecule has 3 rings (SSSR count). The molecule has 1 aliphatic heterocycles. The van der Waals surface area contributed by atoms with Gasteiger partial charge in [0.1, 0.15) is 0 Å². The van der Waals surface area contributed by atoms with Gasteiger partial charge in [-0.1, -0.05) is 6.42 Å². The Hall–Kier alpha value is -0.0800. The van der Waals surface area contributed by atoms with Crippen molar-refractivity contribution < 1.29 is 9.47 Å². The number of hydrogen-bond donors (Lipinski definition) is 0. The van der Waals surface area contributed by atoms with E-state index in [1.165, 1.54) is 32.1 Å². The Bertz CT molecular complexity index is 187. The summed E-state index contributed by atoms with van der Waals surface area (Å²) < 4.78 is 11.3. The van der Waals surface area contributed by atoms with Crippen molar-refractivity contribution in [2.45, 2.75) is 38.2 Å². The fourth-order valence-electron chi connectivity index (χ4n) is 3.29. The van der Waals surface area contributed by atoms with Crippen molar-refractivity contribution >= 4 is 0 Å². The van der Waals surface area contributed by atoms with E-state index in [9.17, 15) is 0 Å². The van der Waals surface area contributed by atoms with Gasteiger partial charge in [0.15, 0.2) is 0 Å². The minimum Gasteiger partial charge on any atom is -0.376 e. The second-order valence-electron chi connectivity index (χ2n) is 4.85. The summed E-state index contributed by atoms with van der Waals surface area (Å²) in [5.41, 5.74) is 0.714. The first-order valence-corrected chi connectivity index (χ1v) is 5.60. The van der Waals surface area contributed by atoms with Gasteiger partial charge in [-0.25, -0.2) is 0 Å². The molecule has 13 heavy (non-hydrogen) atoms. The summed E-state index contributed by atoms with van der Waals surface area (Å²) in [5, 5.41) is 0. The molecule has 0 radical (unpaired) electrons. The molecule has 3 aliphatic rings. The van der Waals surface area contributed by atoms with Gasteiger partial charge in [-0.2, -0.15) is 0 Å². The Morgan fingerprint density at radius 2 is 2.00 bits per heavy atom. The largest absolute Gasteiger partial charge is 0.376 e. The second kappa shape index (κ2) is 2.96. The zero-order valence-electron chi connectivity index (χ0n) is 8.13. The van der Waals surface area contributed by atoms with Crippen molar-refractivity contribution in [1.82, 2.24) is 0 Å². The summed E-state index contributed by atoms with van der Waals surface area (Å²) in [6.45, 7) is 2.47. The van der Waals surface area contributed by atoms with Crippen LogP contribution in [0.15, 0.2) is 0 Å². The standard InChI is InChI=1S/C11H18O2/c1-3-11(4-1)5-2-9(11)10-8-12-6-7-13-10/h9-10H,1-8H2. The molecule has 0 aromatic carbocycles. The van der Waals surface area contributed by atoms with Gasteiger partial charge in [0.25, 0.3) is 0 Å². The lowest BCUT2D eigenvalue weighted by atomic mass is 9.48. The van der Waals surface area contributed by atoms with Crippen LogP contribution in [0.3, 0.4) is 0 Å². The third-order valence-corrected chi connectivity index (χ3v) is 4.38. The molecule has 0 bridgehead atoms. The van der Waals surface area contributed by atoms with Crippen LogP contribution in [0, 0.1) is 11.3 Å². The van der Waals surface area contributed by atoms with E-state index in [1.54, 1.807) is 0 Å². The van der Waals surface area contributed by atoms with Crippen LogP contribution in [0.25, 0.3) is 0 Å². The Morgan fingerprint density at radius 1 is 1.08 bits per heavy atom. The van der Waals surface area contributed by atoms with Gasteiger partial charge in [0, 0.05) is 0 Å². The first kappa shape index (κ1) is 8.25. The SMILES string of the molecule is C1CC2(C1)CCC2C1COCCO1. The van der Waals surface area contributed by atoms with Crippen molar-refractivity contribution in [3.63, 3.8) is 0 Å². The van der Waals surface area contributed by atoms with Gasteiger partial charge >= 0.3 is 0 Å². The Kier molecular flexibility index (Phi) is 1.88. The molecular formula is C11H18O2. The smallest absolute Gasteiger partial charge is 0.0843 e. The molecule has 2 heteroatoms. The van der Waals surface area contributed by atoms with E-state index < -0.39 is 0 Å². The van der Waals surface area contributed by atoms with Crippen LogP contribution >= 0.6 is 0 Å². The first-order valence-electron chi connectivity index (χ1n) is 5.60. The predicted octanol–water partition coefficient (Wildman–Crippen LogP) is 1.98. The van der Waals surface area contributed by atoms with E-state index >= 15 is 0 Å². The van der Waals surface area contributed by atoms with Crippen LogP contribution in [0.5, 0.6) is 0 Å². The predicted molar refractivity (Wildman–Crippen MR) is 49.6 cm³/mol. The molecule has 0 aromatic heterocycles. The summed E-state index contributed by atoms with van der Waals surface area (Å²) in [6.07, 6.45) is 7.63. The van der Waals surface area contributed by atoms with Crippen molar-refractivity contribution in [3.05, 3.63) is 0 Å². The Balaban J connectivity index is 1.64. The highest BCUT2D eigenvalue weighted by atomic mass is 16.6. The monoisotopic (exact) mass is 182 g/mol. The number of ether oxygens (including phenoxy) is 2. The Labute approximate surface area is 79.6 Å². The minimum atomic E-state index is 0.433. The molecule has 1 spiro atoms. The molecule has 2 atom stereocenters. The molecule has 2 unspecified atom stereocenters. The maximum absolute atomic E-state index is 5.79. The average molecular weight is 182 g/mol. The zero-order chi connectivity index (χ0) is 8.73. The van der Waals surface area contributed by atoms with Gasteiger partial charge in [-0.15, -0.1) is 0 Å². The minimum absolute atomic E-state index is 0.433. The van der Waals surface area contributed by atoms with Crippen LogP contribution < -0.4 is 0 Å². The van der Waals surface area contributed by atoms with Crippen molar-refractivity contribution in [2.75, 3.05) is 19.8 Å². The van der Waals surface area contributed by atoms with Gasteiger partial charge in [0.2, 0.25) is 0 Å². The van der Waals surface area contributed by atoms with Gasteiger partial charge < -0.3 is 9.47 Å². The van der Waals surface area contributed by atoms with E-state index in [1.807, 2.05) is 0 Å². The van der Waals surface area contributed by atoms with Crippen LogP contribution in [0.1, 0.15) is 32.1 Å². The lowest BCUT2D eigenvalue weighted by molar-refractivity contribution is -0.182. The quantitative estimate of drug-likeness (QED) is 0.617. The summed E-state index contributed by atoms with van der Waals surface area (Å²) in [4.78, 5) is 0. The highest BCUT2D eigenvalue weighted by molar-refractivity contribution is 5.03. The number of rotatable bonds is 1. The molecule has 1 heterocycles. The van der Waals surface area contributed by atoms with Crippen LogP contribution in [0.2, 0.25) is 0 Å². The zero-order valence-corrected chi connectivity index (χ0v) is 8.13. The van der Waals surface area contributed by atoms with Crippen LogP contribution in [0.4, 0.5) is 0 Å². The second-order valence-corrected chi connectivity index (χ2v) is 4.85. The normalized spacial score (nSPS) is 42.5. The summed E-state index contributed by atoms with van der Waals surface area (Å²) in [7, 11) is 0.